The third-order valence-corrected chi connectivity index (χ3v) is 1.89. The molecule has 2 rings (SSSR count). The maximum absolute atomic E-state index is 4.32. The van der Waals surface area contributed by atoms with Crippen molar-refractivity contribution in [3.05, 3.63) is 42.8 Å². The van der Waals surface area contributed by atoms with Gasteiger partial charge in [-0.15, -0.1) is 0 Å². The van der Waals surface area contributed by atoms with Gasteiger partial charge in [0.2, 0.25) is 0 Å². The molecule has 0 amide bonds. The Hall–Kier alpha value is -0.00610. The zero-order chi connectivity index (χ0) is 6.97. The van der Waals surface area contributed by atoms with Gasteiger partial charge in [-0.3, -0.25) is 4.99 Å². The molecule has 0 aromatic heterocycles. The average Bonchev–Trinajstić information content (AvgIpc) is 2.34. The molecule has 0 fully saturated rings. The largest absolute Gasteiger partial charge is 0.358 e. The minimum atomic E-state index is 0. The molecule has 1 heterocycles. The molecule has 0 atom stereocenters. The van der Waals surface area contributed by atoms with Crippen molar-refractivity contribution in [3.8, 4) is 0 Å². The monoisotopic (exact) mass is 235 g/mol. The molecule has 12 heavy (non-hydrogen) atoms. The Bertz CT molecular complexity index is 292. The number of aliphatic imine (C=N–C) groups is 1. The number of hydrogen-bond acceptors (Lipinski definition) is 1. The van der Waals surface area contributed by atoms with Gasteiger partial charge >= 0.3 is 0 Å². The van der Waals surface area contributed by atoms with Crippen LogP contribution in [0.25, 0.3) is 0 Å². The zero-order valence-electron chi connectivity index (χ0n) is 7.54. The number of rotatable bonds is 0. The van der Waals surface area contributed by atoms with Gasteiger partial charge in [0.15, 0.2) is 0 Å². The van der Waals surface area contributed by atoms with Crippen molar-refractivity contribution in [2.45, 2.75) is 13.5 Å². The zero-order valence-corrected chi connectivity index (χ0v) is 10.4. The second-order valence-corrected chi connectivity index (χ2v) is 2.56. The van der Waals surface area contributed by atoms with Gasteiger partial charge in [-0.1, -0.05) is 24.3 Å². The summed E-state index contributed by atoms with van der Waals surface area (Å²) in [4.78, 5) is 4.32. The molecule has 0 spiro atoms. The standard InChI is InChI=1S/C9H9N.CH3.Y/c1-7-9-5-3-2-4-8(9)6-10-7;;/h2-5H,6H2,1H3;1H3;/q;-1;. The molecule has 1 aromatic rings. The maximum Gasteiger partial charge on any atom is 0.0649 e. The Balaban J connectivity index is 0.000000605. The summed E-state index contributed by atoms with van der Waals surface area (Å²) in [5, 5.41) is 0. The molecule has 0 unspecified atom stereocenters. The van der Waals surface area contributed by atoms with Gasteiger partial charge in [0.05, 0.1) is 6.54 Å². The van der Waals surface area contributed by atoms with E-state index in [9.17, 15) is 0 Å². The van der Waals surface area contributed by atoms with E-state index in [0.717, 1.165) is 6.54 Å². The fraction of sp³-hybridized carbons (Fsp3) is 0.200. The van der Waals surface area contributed by atoms with Crippen LogP contribution >= 0.6 is 0 Å². The fourth-order valence-corrected chi connectivity index (χ4v) is 1.30. The first kappa shape index (κ1) is 12.0. The van der Waals surface area contributed by atoms with Crippen molar-refractivity contribution >= 4 is 5.71 Å². The average molecular weight is 235 g/mol. The molecule has 1 aromatic carbocycles. The topological polar surface area (TPSA) is 12.4 Å². The van der Waals surface area contributed by atoms with Gasteiger partial charge in [0, 0.05) is 44.0 Å². The molecule has 0 aliphatic carbocycles. The van der Waals surface area contributed by atoms with Crippen LogP contribution < -0.4 is 0 Å². The smallest absolute Gasteiger partial charge is 0.0649 e. The van der Waals surface area contributed by atoms with Crippen LogP contribution in [0, 0.1) is 7.43 Å². The molecule has 1 aliphatic heterocycles. The van der Waals surface area contributed by atoms with E-state index in [-0.39, 0.29) is 40.1 Å². The summed E-state index contributed by atoms with van der Waals surface area (Å²) >= 11 is 0. The van der Waals surface area contributed by atoms with E-state index in [0.29, 0.717) is 0 Å². The summed E-state index contributed by atoms with van der Waals surface area (Å²) in [5.41, 5.74) is 3.86. The molecule has 1 radical (unpaired) electrons. The molecule has 1 nitrogen and oxygen atoms in total. The number of benzene rings is 1. The summed E-state index contributed by atoms with van der Waals surface area (Å²) in [6.45, 7) is 2.94. The summed E-state index contributed by atoms with van der Waals surface area (Å²) in [6.07, 6.45) is 0. The van der Waals surface area contributed by atoms with Crippen LogP contribution in [0.1, 0.15) is 18.1 Å². The quantitative estimate of drug-likeness (QED) is 0.612. The second-order valence-electron chi connectivity index (χ2n) is 2.56. The van der Waals surface area contributed by atoms with Gasteiger partial charge in [0.25, 0.3) is 0 Å². The van der Waals surface area contributed by atoms with E-state index in [1.165, 1.54) is 16.8 Å². The molecule has 0 N–H and O–H groups in total. The van der Waals surface area contributed by atoms with E-state index in [1.54, 1.807) is 0 Å². The molecule has 2 heteroatoms. The first-order valence-electron chi connectivity index (χ1n) is 3.47. The minimum Gasteiger partial charge on any atom is -0.358 e. The second kappa shape index (κ2) is 4.88. The van der Waals surface area contributed by atoms with E-state index in [1.807, 2.05) is 0 Å². The summed E-state index contributed by atoms with van der Waals surface area (Å²) in [7, 11) is 0. The van der Waals surface area contributed by atoms with E-state index in [2.05, 4.69) is 36.2 Å². The van der Waals surface area contributed by atoms with Crippen molar-refractivity contribution < 1.29 is 32.7 Å². The Morgan fingerprint density at radius 3 is 2.58 bits per heavy atom. The minimum absolute atomic E-state index is 0. The van der Waals surface area contributed by atoms with Crippen molar-refractivity contribution in [2.24, 2.45) is 4.99 Å². The molecule has 0 bridgehead atoms. The fourth-order valence-electron chi connectivity index (χ4n) is 1.30. The maximum atomic E-state index is 4.32. The number of hydrogen-bond donors (Lipinski definition) is 0. The Morgan fingerprint density at radius 1 is 1.25 bits per heavy atom. The molecular weight excluding hydrogens is 223 g/mol. The molecule has 1 aliphatic rings. The van der Waals surface area contributed by atoms with Crippen molar-refractivity contribution in [1.29, 1.82) is 0 Å². The first-order chi connectivity index (χ1) is 4.88. The normalized spacial score (nSPS) is 12.2. The summed E-state index contributed by atoms with van der Waals surface area (Å²) < 4.78 is 0. The Labute approximate surface area is 99.2 Å². The van der Waals surface area contributed by atoms with Gasteiger partial charge in [-0.05, 0) is 12.5 Å². The molecule has 0 saturated heterocycles. The van der Waals surface area contributed by atoms with Crippen LogP contribution in [0.5, 0.6) is 0 Å². The Morgan fingerprint density at radius 2 is 1.92 bits per heavy atom. The van der Waals surface area contributed by atoms with E-state index >= 15 is 0 Å². The van der Waals surface area contributed by atoms with E-state index in [4.69, 9.17) is 0 Å². The number of nitrogens with zero attached hydrogens (tertiary/aromatic N) is 1. The predicted molar refractivity (Wildman–Crippen MR) is 48.8 cm³/mol. The Kier molecular flexibility index (Phi) is 4.88. The molecule has 61 valence electrons. The van der Waals surface area contributed by atoms with Crippen LogP contribution in [0.3, 0.4) is 0 Å². The third kappa shape index (κ3) is 2.02. The molecular formula is C10H12NY-. The SMILES string of the molecule is CC1=NCc2ccccc21.[CH3-].[Y]. The van der Waals surface area contributed by atoms with Crippen LogP contribution in [-0.2, 0) is 39.3 Å². The van der Waals surface area contributed by atoms with Crippen molar-refractivity contribution in [2.75, 3.05) is 0 Å². The van der Waals surface area contributed by atoms with Crippen molar-refractivity contribution in [1.82, 2.24) is 0 Å². The van der Waals surface area contributed by atoms with Crippen LogP contribution in [0.4, 0.5) is 0 Å². The van der Waals surface area contributed by atoms with Gasteiger partial charge in [-0.2, -0.15) is 0 Å². The van der Waals surface area contributed by atoms with Crippen LogP contribution in [0.2, 0.25) is 0 Å². The third-order valence-electron chi connectivity index (χ3n) is 1.89. The van der Waals surface area contributed by atoms with Gasteiger partial charge in [0.1, 0.15) is 0 Å². The van der Waals surface area contributed by atoms with Crippen molar-refractivity contribution in [3.63, 3.8) is 0 Å². The summed E-state index contributed by atoms with van der Waals surface area (Å²) in [5.74, 6) is 0. The van der Waals surface area contributed by atoms with Crippen LogP contribution in [0.15, 0.2) is 29.3 Å². The molecule has 0 saturated carbocycles. The predicted octanol–water partition coefficient (Wildman–Crippen LogP) is 2.46. The van der Waals surface area contributed by atoms with E-state index < -0.39 is 0 Å². The van der Waals surface area contributed by atoms with Gasteiger partial charge in [-0.25, -0.2) is 0 Å². The first-order valence-corrected chi connectivity index (χ1v) is 3.47. The van der Waals surface area contributed by atoms with Crippen LogP contribution in [-0.4, -0.2) is 5.71 Å². The number of fused-ring (bicyclic) bond motifs is 1. The summed E-state index contributed by atoms with van der Waals surface area (Å²) in [6, 6.07) is 8.38. The van der Waals surface area contributed by atoms with Gasteiger partial charge < -0.3 is 7.43 Å².